The lowest BCUT2D eigenvalue weighted by Gasteiger charge is -2.32. The lowest BCUT2D eigenvalue weighted by molar-refractivity contribution is 0.0992. The van der Waals surface area contributed by atoms with Crippen LogP contribution in [0, 0.1) is 6.92 Å². The number of nitrogens with zero attached hydrogens (tertiary/aromatic N) is 2. The third-order valence-corrected chi connectivity index (χ3v) is 5.61. The van der Waals surface area contributed by atoms with E-state index < -0.39 is 6.10 Å². The number of hydrogen-bond donors (Lipinski definition) is 1. The number of thiazole rings is 1. The standard InChI is InChI=1S/C18H24N2O2S/c1-12-19-15-8-5-9-16(18(15)23-12)20(2)11-17(21)13-6-4-7-14(10-13)22-3/h4,6-7,10,16-17,21H,5,8-9,11H2,1-3H3. The molecular weight excluding hydrogens is 308 g/mol. The van der Waals surface area contributed by atoms with Crippen molar-refractivity contribution in [1.29, 1.82) is 0 Å². The number of rotatable bonds is 5. The Morgan fingerprint density at radius 2 is 2.30 bits per heavy atom. The molecule has 0 bridgehead atoms. The van der Waals surface area contributed by atoms with E-state index in [9.17, 15) is 5.11 Å². The molecule has 0 radical (unpaired) electrons. The molecule has 23 heavy (non-hydrogen) atoms. The Balaban J connectivity index is 1.72. The number of hydrogen-bond acceptors (Lipinski definition) is 5. The molecule has 0 spiro atoms. The van der Waals surface area contributed by atoms with Crippen LogP contribution in [-0.2, 0) is 6.42 Å². The van der Waals surface area contributed by atoms with E-state index in [1.54, 1.807) is 18.4 Å². The van der Waals surface area contributed by atoms with Crippen molar-refractivity contribution in [1.82, 2.24) is 9.88 Å². The van der Waals surface area contributed by atoms with Gasteiger partial charge in [0.2, 0.25) is 0 Å². The summed E-state index contributed by atoms with van der Waals surface area (Å²) in [4.78, 5) is 8.30. The number of aliphatic hydroxyl groups is 1. The van der Waals surface area contributed by atoms with Crippen LogP contribution in [-0.4, -0.2) is 35.7 Å². The van der Waals surface area contributed by atoms with Crippen LogP contribution in [0.3, 0.4) is 0 Å². The van der Waals surface area contributed by atoms with E-state index in [1.807, 2.05) is 24.3 Å². The van der Waals surface area contributed by atoms with Gasteiger partial charge < -0.3 is 9.84 Å². The molecule has 0 aliphatic heterocycles. The van der Waals surface area contributed by atoms with Crippen molar-refractivity contribution in [3.63, 3.8) is 0 Å². The fourth-order valence-corrected chi connectivity index (χ4v) is 4.47. The third-order valence-electron chi connectivity index (χ3n) is 4.50. The second-order valence-electron chi connectivity index (χ2n) is 6.18. The van der Waals surface area contributed by atoms with E-state index in [1.165, 1.54) is 17.0 Å². The molecule has 1 aromatic carbocycles. The summed E-state index contributed by atoms with van der Waals surface area (Å²) in [5, 5.41) is 11.7. The van der Waals surface area contributed by atoms with Gasteiger partial charge in [-0.25, -0.2) is 4.98 Å². The van der Waals surface area contributed by atoms with E-state index in [-0.39, 0.29) is 0 Å². The summed E-state index contributed by atoms with van der Waals surface area (Å²) in [7, 11) is 3.74. The molecule has 0 amide bonds. The van der Waals surface area contributed by atoms with Crippen molar-refractivity contribution >= 4 is 11.3 Å². The monoisotopic (exact) mass is 332 g/mol. The number of benzene rings is 1. The molecule has 2 atom stereocenters. The van der Waals surface area contributed by atoms with Crippen LogP contribution in [0.25, 0.3) is 0 Å². The zero-order valence-electron chi connectivity index (χ0n) is 14.0. The Kier molecular flexibility index (Phi) is 4.99. The Labute approximate surface area is 141 Å². The second-order valence-corrected chi connectivity index (χ2v) is 7.42. The molecule has 0 saturated heterocycles. The molecule has 1 aliphatic carbocycles. The summed E-state index contributed by atoms with van der Waals surface area (Å²) in [6.07, 6.45) is 2.87. The number of aliphatic hydroxyl groups excluding tert-OH is 1. The number of aryl methyl sites for hydroxylation is 2. The maximum absolute atomic E-state index is 10.6. The SMILES string of the molecule is COc1cccc(C(O)CN(C)C2CCCc3nc(C)sc32)c1. The quantitative estimate of drug-likeness (QED) is 0.910. The van der Waals surface area contributed by atoms with Gasteiger partial charge in [-0.15, -0.1) is 11.3 Å². The van der Waals surface area contributed by atoms with Crippen molar-refractivity contribution < 1.29 is 9.84 Å². The number of aromatic nitrogens is 1. The van der Waals surface area contributed by atoms with Gasteiger partial charge >= 0.3 is 0 Å². The number of fused-ring (bicyclic) bond motifs is 1. The molecule has 124 valence electrons. The van der Waals surface area contributed by atoms with Gasteiger partial charge in [0.05, 0.1) is 23.9 Å². The van der Waals surface area contributed by atoms with Crippen LogP contribution in [0.5, 0.6) is 5.75 Å². The van der Waals surface area contributed by atoms with Crippen molar-refractivity contribution in [3.8, 4) is 5.75 Å². The summed E-state index contributed by atoms with van der Waals surface area (Å²) in [6, 6.07) is 8.03. The Bertz CT molecular complexity index is 671. The molecule has 1 heterocycles. The molecule has 0 fully saturated rings. The largest absolute Gasteiger partial charge is 0.497 e. The molecule has 3 rings (SSSR count). The minimum absolute atomic E-state index is 0.366. The van der Waals surface area contributed by atoms with Crippen molar-refractivity contribution in [3.05, 3.63) is 45.4 Å². The third kappa shape index (κ3) is 3.57. The molecule has 1 aromatic heterocycles. The van der Waals surface area contributed by atoms with Gasteiger partial charge in [-0.05, 0) is 50.9 Å². The second kappa shape index (κ2) is 6.99. The number of ether oxygens (including phenoxy) is 1. The number of methoxy groups -OCH3 is 1. The van der Waals surface area contributed by atoms with Gasteiger partial charge in [0.1, 0.15) is 5.75 Å². The Hall–Kier alpha value is -1.43. The van der Waals surface area contributed by atoms with Crippen LogP contribution in [0.15, 0.2) is 24.3 Å². The highest BCUT2D eigenvalue weighted by atomic mass is 32.1. The summed E-state index contributed by atoms with van der Waals surface area (Å²) >= 11 is 1.80. The summed E-state index contributed by atoms with van der Waals surface area (Å²) < 4.78 is 5.24. The van der Waals surface area contributed by atoms with Crippen LogP contribution < -0.4 is 4.74 Å². The predicted molar refractivity (Wildman–Crippen MR) is 93.1 cm³/mol. The molecule has 0 saturated carbocycles. The summed E-state index contributed by atoms with van der Waals surface area (Å²) in [5.74, 6) is 0.780. The minimum Gasteiger partial charge on any atom is -0.497 e. The fourth-order valence-electron chi connectivity index (χ4n) is 3.29. The fraction of sp³-hybridized carbons (Fsp3) is 0.500. The zero-order valence-corrected chi connectivity index (χ0v) is 14.8. The first-order valence-corrected chi connectivity index (χ1v) is 8.88. The van der Waals surface area contributed by atoms with Crippen LogP contribution in [0.1, 0.15) is 46.1 Å². The van der Waals surface area contributed by atoms with E-state index in [4.69, 9.17) is 4.74 Å². The van der Waals surface area contributed by atoms with Crippen LogP contribution >= 0.6 is 11.3 Å². The molecular formula is C18H24N2O2S. The zero-order chi connectivity index (χ0) is 16.4. The average molecular weight is 332 g/mol. The lowest BCUT2D eigenvalue weighted by atomic mass is 9.96. The van der Waals surface area contributed by atoms with E-state index in [2.05, 4.69) is 23.9 Å². The van der Waals surface area contributed by atoms with Gasteiger partial charge in [-0.3, -0.25) is 4.90 Å². The van der Waals surface area contributed by atoms with Gasteiger partial charge in [0.25, 0.3) is 0 Å². The first kappa shape index (κ1) is 16.4. The average Bonchev–Trinajstić information content (AvgIpc) is 2.94. The summed E-state index contributed by atoms with van der Waals surface area (Å²) in [5.41, 5.74) is 2.15. The van der Waals surface area contributed by atoms with Crippen LogP contribution in [0.2, 0.25) is 0 Å². The van der Waals surface area contributed by atoms with Gasteiger partial charge in [-0.1, -0.05) is 12.1 Å². The summed E-state index contributed by atoms with van der Waals surface area (Å²) in [6.45, 7) is 2.68. The van der Waals surface area contributed by atoms with Crippen molar-refractivity contribution in [2.24, 2.45) is 0 Å². The van der Waals surface area contributed by atoms with Gasteiger partial charge in [0, 0.05) is 17.5 Å². The van der Waals surface area contributed by atoms with Crippen molar-refractivity contribution in [2.45, 2.75) is 38.3 Å². The highest BCUT2D eigenvalue weighted by Crippen LogP contribution is 2.38. The maximum atomic E-state index is 10.6. The molecule has 4 nitrogen and oxygen atoms in total. The minimum atomic E-state index is -0.519. The molecule has 2 aromatic rings. The molecule has 2 unspecified atom stereocenters. The van der Waals surface area contributed by atoms with Crippen LogP contribution in [0.4, 0.5) is 0 Å². The smallest absolute Gasteiger partial charge is 0.119 e. The van der Waals surface area contributed by atoms with E-state index in [0.29, 0.717) is 12.6 Å². The first-order valence-electron chi connectivity index (χ1n) is 8.07. The van der Waals surface area contributed by atoms with E-state index in [0.717, 1.165) is 29.2 Å². The lowest BCUT2D eigenvalue weighted by Crippen LogP contribution is -2.30. The predicted octanol–water partition coefficient (Wildman–Crippen LogP) is 3.50. The maximum Gasteiger partial charge on any atom is 0.119 e. The highest BCUT2D eigenvalue weighted by Gasteiger charge is 2.28. The topological polar surface area (TPSA) is 45.6 Å². The van der Waals surface area contributed by atoms with Gasteiger partial charge in [0.15, 0.2) is 0 Å². The first-order chi connectivity index (χ1) is 11.1. The Morgan fingerprint density at radius 1 is 1.48 bits per heavy atom. The van der Waals surface area contributed by atoms with E-state index >= 15 is 0 Å². The molecule has 1 N–H and O–H groups in total. The van der Waals surface area contributed by atoms with Crippen molar-refractivity contribution in [2.75, 3.05) is 20.7 Å². The Morgan fingerprint density at radius 3 is 3.09 bits per heavy atom. The number of likely N-dealkylation sites (N-methyl/N-ethyl adjacent to an activating group) is 1. The molecule has 5 heteroatoms. The highest BCUT2D eigenvalue weighted by molar-refractivity contribution is 7.11. The normalized spacial score (nSPS) is 18.7. The molecule has 1 aliphatic rings. The van der Waals surface area contributed by atoms with Gasteiger partial charge in [-0.2, -0.15) is 0 Å².